The molecule has 7 nitrogen and oxygen atoms in total. The van der Waals surface area contributed by atoms with Crippen LogP contribution in [0.3, 0.4) is 0 Å². The molecular formula is C16H16N2O5. The molecule has 2 rings (SSSR count). The fraction of sp³-hybridized carbons (Fsp3) is 0.188. The van der Waals surface area contributed by atoms with Crippen molar-refractivity contribution in [3.05, 3.63) is 69.8 Å². The van der Waals surface area contributed by atoms with Crippen LogP contribution in [0.25, 0.3) is 0 Å². The predicted octanol–water partition coefficient (Wildman–Crippen LogP) is 2.09. The number of rotatable bonds is 7. The molecule has 0 bridgehead atoms. The molecule has 2 aromatic rings. The van der Waals surface area contributed by atoms with Gasteiger partial charge >= 0.3 is 5.97 Å². The summed E-state index contributed by atoms with van der Waals surface area (Å²) >= 11 is 0. The highest BCUT2D eigenvalue weighted by Gasteiger charge is 2.23. The number of carboxylic acids is 1. The molecule has 1 atom stereocenters. The Morgan fingerprint density at radius 3 is 2.52 bits per heavy atom. The van der Waals surface area contributed by atoms with Crippen LogP contribution in [0.15, 0.2) is 48.5 Å². The van der Waals surface area contributed by atoms with Crippen molar-refractivity contribution in [3.8, 4) is 5.75 Å². The van der Waals surface area contributed by atoms with E-state index in [4.69, 9.17) is 0 Å². The van der Waals surface area contributed by atoms with Crippen molar-refractivity contribution in [1.29, 1.82) is 0 Å². The number of phenolic OH excluding ortho intramolecular Hbond substituents is 1. The Bertz CT molecular complexity index is 703. The average Bonchev–Trinajstić information content (AvgIpc) is 2.53. The standard InChI is InChI=1S/C16H16N2O5/c19-13-7-6-12(15(9-13)18(22)23)8-14(16(20)21)17-10-11-4-2-1-3-5-11/h1-7,9,14,17,19H,8,10H2,(H,20,21). The highest BCUT2D eigenvalue weighted by molar-refractivity contribution is 5.74. The summed E-state index contributed by atoms with van der Waals surface area (Å²) in [6, 6.07) is 12.0. The number of nitro groups is 1. The Morgan fingerprint density at radius 2 is 1.91 bits per heavy atom. The maximum Gasteiger partial charge on any atom is 0.321 e. The molecule has 0 saturated carbocycles. The molecule has 0 heterocycles. The minimum Gasteiger partial charge on any atom is -0.508 e. The van der Waals surface area contributed by atoms with Gasteiger partial charge in [-0.1, -0.05) is 30.3 Å². The van der Waals surface area contributed by atoms with Crippen molar-refractivity contribution in [3.63, 3.8) is 0 Å². The van der Waals surface area contributed by atoms with Crippen LogP contribution in [0.2, 0.25) is 0 Å². The average molecular weight is 316 g/mol. The van der Waals surface area contributed by atoms with Gasteiger partial charge in [0.1, 0.15) is 11.8 Å². The largest absolute Gasteiger partial charge is 0.508 e. The quantitative estimate of drug-likeness (QED) is 0.532. The van der Waals surface area contributed by atoms with Gasteiger partial charge in [0, 0.05) is 18.5 Å². The Kier molecular flexibility index (Phi) is 5.27. The van der Waals surface area contributed by atoms with Gasteiger partial charge in [0.05, 0.1) is 11.0 Å². The fourth-order valence-corrected chi connectivity index (χ4v) is 2.20. The Balaban J connectivity index is 2.14. The van der Waals surface area contributed by atoms with Crippen molar-refractivity contribution in [1.82, 2.24) is 5.32 Å². The molecule has 0 aliphatic carbocycles. The van der Waals surface area contributed by atoms with Crippen molar-refractivity contribution >= 4 is 11.7 Å². The number of aliphatic carboxylic acids is 1. The lowest BCUT2D eigenvalue weighted by atomic mass is 10.0. The first-order valence-electron chi connectivity index (χ1n) is 6.94. The van der Waals surface area contributed by atoms with Gasteiger partial charge in [-0.25, -0.2) is 0 Å². The van der Waals surface area contributed by atoms with Crippen LogP contribution in [-0.4, -0.2) is 27.1 Å². The second-order valence-electron chi connectivity index (χ2n) is 5.03. The monoisotopic (exact) mass is 316 g/mol. The molecule has 23 heavy (non-hydrogen) atoms. The van der Waals surface area contributed by atoms with E-state index in [0.29, 0.717) is 6.54 Å². The van der Waals surface area contributed by atoms with Crippen molar-refractivity contribution in [2.24, 2.45) is 0 Å². The lowest BCUT2D eigenvalue weighted by molar-refractivity contribution is -0.385. The number of carboxylic acid groups (broad SMARTS) is 1. The van der Waals surface area contributed by atoms with Crippen LogP contribution in [0.1, 0.15) is 11.1 Å². The zero-order valence-corrected chi connectivity index (χ0v) is 12.2. The zero-order chi connectivity index (χ0) is 16.8. The molecule has 0 radical (unpaired) electrons. The molecular weight excluding hydrogens is 300 g/mol. The van der Waals surface area contributed by atoms with E-state index in [0.717, 1.165) is 11.6 Å². The third-order valence-corrected chi connectivity index (χ3v) is 3.38. The molecule has 120 valence electrons. The summed E-state index contributed by atoms with van der Waals surface area (Å²) in [6.45, 7) is 0.337. The normalized spacial score (nSPS) is 11.8. The van der Waals surface area contributed by atoms with Crippen LogP contribution < -0.4 is 5.32 Å². The summed E-state index contributed by atoms with van der Waals surface area (Å²) in [4.78, 5) is 21.8. The number of aromatic hydroxyl groups is 1. The van der Waals surface area contributed by atoms with Crippen molar-refractivity contribution < 1.29 is 19.9 Å². The third kappa shape index (κ3) is 4.52. The molecule has 0 amide bonds. The molecule has 0 spiro atoms. The number of hydrogen-bond donors (Lipinski definition) is 3. The maximum absolute atomic E-state index is 11.4. The molecule has 0 aromatic heterocycles. The number of nitro benzene ring substituents is 1. The maximum atomic E-state index is 11.4. The van der Waals surface area contributed by atoms with Gasteiger partial charge in [0.15, 0.2) is 0 Å². The third-order valence-electron chi connectivity index (χ3n) is 3.38. The summed E-state index contributed by atoms with van der Waals surface area (Å²) < 4.78 is 0. The fourth-order valence-electron chi connectivity index (χ4n) is 2.20. The lowest BCUT2D eigenvalue weighted by Gasteiger charge is -2.15. The van der Waals surface area contributed by atoms with E-state index in [2.05, 4.69) is 5.32 Å². The number of phenols is 1. The number of hydrogen-bond acceptors (Lipinski definition) is 5. The van der Waals surface area contributed by atoms with Gasteiger partial charge in [-0.2, -0.15) is 0 Å². The van der Waals surface area contributed by atoms with E-state index in [1.807, 2.05) is 30.3 Å². The van der Waals surface area contributed by atoms with Crippen molar-refractivity contribution in [2.75, 3.05) is 0 Å². The molecule has 2 aromatic carbocycles. The van der Waals surface area contributed by atoms with E-state index in [-0.39, 0.29) is 23.4 Å². The first-order valence-corrected chi connectivity index (χ1v) is 6.94. The van der Waals surface area contributed by atoms with Crippen LogP contribution in [0, 0.1) is 10.1 Å². The number of benzene rings is 2. The van der Waals surface area contributed by atoms with E-state index < -0.39 is 16.9 Å². The minimum absolute atomic E-state index is 0.0568. The molecule has 0 fully saturated rings. The molecule has 3 N–H and O–H groups in total. The first kappa shape index (κ1) is 16.4. The Labute approximate surface area is 132 Å². The topological polar surface area (TPSA) is 113 Å². The second-order valence-corrected chi connectivity index (χ2v) is 5.03. The number of nitrogens with zero attached hydrogens (tertiary/aromatic N) is 1. The molecule has 1 unspecified atom stereocenters. The van der Waals surface area contributed by atoms with Crippen molar-refractivity contribution in [2.45, 2.75) is 19.0 Å². The SMILES string of the molecule is O=C(O)C(Cc1ccc(O)cc1[N+](=O)[O-])NCc1ccccc1. The second kappa shape index (κ2) is 7.37. The van der Waals surface area contributed by atoms with E-state index in [1.54, 1.807) is 0 Å². The van der Waals surface area contributed by atoms with E-state index in [9.17, 15) is 25.1 Å². The summed E-state index contributed by atoms with van der Waals surface area (Å²) in [5.41, 5.74) is 0.873. The summed E-state index contributed by atoms with van der Waals surface area (Å²) in [6.07, 6.45) is -0.0568. The van der Waals surface area contributed by atoms with Gasteiger partial charge in [0.25, 0.3) is 5.69 Å². The zero-order valence-electron chi connectivity index (χ0n) is 12.2. The summed E-state index contributed by atoms with van der Waals surface area (Å²) in [7, 11) is 0. The molecule has 7 heteroatoms. The van der Waals surface area contributed by atoms with Crippen LogP contribution in [0.4, 0.5) is 5.69 Å². The molecule has 0 saturated heterocycles. The highest BCUT2D eigenvalue weighted by atomic mass is 16.6. The van der Waals surface area contributed by atoms with Crippen LogP contribution >= 0.6 is 0 Å². The van der Waals surface area contributed by atoms with Gasteiger partial charge in [0.2, 0.25) is 0 Å². The minimum atomic E-state index is -1.09. The van der Waals surface area contributed by atoms with Gasteiger partial charge < -0.3 is 15.5 Å². The highest BCUT2D eigenvalue weighted by Crippen LogP contribution is 2.25. The Morgan fingerprint density at radius 1 is 1.22 bits per heavy atom. The first-order chi connectivity index (χ1) is 11.0. The lowest BCUT2D eigenvalue weighted by Crippen LogP contribution is -2.38. The van der Waals surface area contributed by atoms with Crippen LogP contribution in [0.5, 0.6) is 5.75 Å². The molecule has 0 aliphatic rings. The smallest absolute Gasteiger partial charge is 0.321 e. The predicted molar refractivity (Wildman–Crippen MR) is 83.2 cm³/mol. The molecule has 0 aliphatic heterocycles. The van der Waals surface area contributed by atoms with Gasteiger partial charge in [-0.3, -0.25) is 14.9 Å². The Hall–Kier alpha value is -2.93. The van der Waals surface area contributed by atoms with Crippen LogP contribution in [-0.2, 0) is 17.8 Å². The summed E-state index contributed by atoms with van der Waals surface area (Å²) in [5.74, 6) is -1.33. The number of nitrogens with one attached hydrogen (secondary N) is 1. The summed E-state index contributed by atoms with van der Waals surface area (Å²) in [5, 5.41) is 32.6. The number of carbonyl (C=O) groups is 1. The van der Waals surface area contributed by atoms with Gasteiger partial charge in [-0.05, 0) is 17.7 Å². The van der Waals surface area contributed by atoms with E-state index in [1.165, 1.54) is 12.1 Å². The van der Waals surface area contributed by atoms with E-state index >= 15 is 0 Å². The van der Waals surface area contributed by atoms with Gasteiger partial charge in [-0.15, -0.1) is 0 Å².